The Kier molecular flexibility index (Phi) is 3.82. The number of carbonyl (C=O) groups is 1. The molecule has 0 amide bonds. The quantitative estimate of drug-likeness (QED) is 0.725. The first-order valence-electron chi connectivity index (χ1n) is 5.02. The van der Waals surface area contributed by atoms with E-state index in [1.54, 1.807) is 13.8 Å². The number of nitrogens with zero attached hydrogens (tertiary/aromatic N) is 2. The van der Waals surface area contributed by atoms with Gasteiger partial charge in [-0.2, -0.15) is 0 Å². The van der Waals surface area contributed by atoms with E-state index in [0.717, 1.165) is 11.4 Å². The lowest BCUT2D eigenvalue weighted by atomic mass is 10.3. The van der Waals surface area contributed by atoms with E-state index in [4.69, 9.17) is 4.74 Å². The third kappa shape index (κ3) is 2.68. The van der Waals surface area contributed by atoms with Crippen LogP contribution >= 0.6 is 0 Å². The number of aromatic nitrogens is 2. The Balaban J connectivity index is 2.89. The molecule has 88 valence electrons. The van der Waals surface area contributed by atoms with Crippen LogP contribution < -0.4 is 4.74 Å². The molecule has 0 spiro atoms. The van der Waals surface area contributed by atoms with Crippen molar-refractivity contribution in [1.29, 1.82) is 0 Å². The van der Waals surface area contributed by atoms with Crippen molar-refractivity contribution in [2.75, 3.05) is 7.11 Å². The summed E-state index contributed by atoms with van der Waals surface area (Å²) in [6.07, 6.45) is -0.680. The van der Waals surface area contributed by atoms with Crippen LogP contribution in [0.5, 0.6) is 5.88 Å². The number of hydrogen-bond acceptors (Lipinski definition) is 5. The van der Waals surface area contributed by atoms with Crippen molar-refractivity contribution in [3.63, 3.8) is 0 Å². The molecule has 0 saturated carbocycles. The lowest BCUT2D eigenvalue weighted by Crippen LogP contribution is -2.26. The van der Waals surface area contributed by atoms with Gasteiger partial charge in [0.05, 0.1) is 24.2 Å². The van der Waals surface area contributed by atoms with Gasteiger partial charge >= 0.3 is 5.97 Å². The van der Waals surface area contributed by atoms with Crippen molar-refractivity contribution < 1.29 is 14.3 Å². The minimum atomic E-state index is -0.680. The molecule has 0 aliphatic carbocycles. The molecule has 1 aromatic rings. The zero-order valence-corrected chi connectivity index (χ0v) is 10.2. The second kappa shape index (κ2) is 4.92. The highest BCUT2D eigenvalue weighted by molar-refractivity contribution is 5.74. The molecule has 1 rings (SSSR count). The highest BCUT2D eigenvalue weighted by atomic mass is 16.6. The highest BCUT2D eigenvalue weighted by Gasteiger charge is 2.17. The van der Waals surface area contributed by atoms with Crippen molar-refractivity contribution in [1.82, 2.24) is 9.97 Å². The van der Waals surface area contributed by atoms with Gasteiger partial charge in [0, 0.05) is 0 Å². The third-order valence-corrected chi connectivity index (χ3v) is 2.26. The van der Waals surface area contributed by atoms with Crippen molar-refractivity contribution in [3.05, 3.63) is 17.1 Å². The fraction of sp³-hybridized carbons (Fsp3) is 0.545. The Morgan fingerprint density at radius 3 is 2.25 bits per heavy atom. The molecule has 0 fully saturated rings. The van der Waals surface area contributed by atoms with Gasteiger partial charge in [-0.05, 0) is 27.7 Å². The van der Waals surface area contributed by atoms with Crippen LogP contribution in [0, 0.1) is 20.8 Å². The number of carbonyl (C=O) groups excluding carboxylic acids is 1. The fourth-order valence-electron chi connectivity index (χ4n) is 1.19. The maximum atomic E-state index is 11.2. The lowest BCUT2D eigenvalue weighted by Gasteiger charge is -2.13. The van der Waals surface area contributed by atoms with E-state index in [-0.39, 0.29) is 0 Å². The van der Waals surface area contributed by atoms with E-state index in [9.17, 15) is 4.79 Å². The predicted molar refractivity (Wildman–Crippen MR) is 58.3 cm³/mol. The molecule has 16 heavy (non-hydrogen) atoms. The second-order valence-corrected chi connectivity index (χ2v) is 3.57. The largest absolute Gasteiger partial charge is 0.466 e. The molecule has 1 unspecified atom stereocenters. The monoisotopic (exact) mass is 224 g/mol. The molecule has 0 aliphatic heterocycles. The molecule has 0 saturated heterocycles. The summed E-state index contributed by atoms with van der Waals surface area (Å²) in [5, 5.41) is 0. The zero-order chi connectivity index (χ0) is 12.3. The Labute approximate surface area is 94.8 Å². The summed E-state index contributed by atoms with van der Waals surface area (Å²) < 4.78 is 9.95. The number of aryl methyl sites for hydroxylation is 3. The first-order chi connectivity index (χ1) is 7.45. The van der Waals surface area contributed by atoms with Gasteiger partial charge in [-0.15, -0.1) is 0 Å². The first-order valence-corrected chi connectivity index (χ1v) is 5.02. The molecule has 0 aliphatic rings. The minimum Gasteiger partial charge on any atom is -0.466 e. The SMILES string of the molecule is COC(=O)C(C)Oc1nc(C)c(C)nc1C. The van der Waals surface area contributed by atoms with Crippen molar-refractivity contribution in [2.24, 2.45) is 0 Å². The van der Waals surface area contributed by atoms with Crippen molar-refractivity contribution >= 4 is 5.97 Å². The van der Waals surface area contributed by atoms with Crippen LogP contribution in [0.3, 0.4) is 0 Å². The van der Waals surface area contributed by atoms with Crippen LogP contribution in [0.1, 0.15) is 24.0 Å². The summed E-state index contributed by atoms with van der Waals surface area (Å²) in [6, 6.07) is 0. The van der Waals surface area contributed by atoms with Crippen molar-refractivity contribution in [2.45, 2.75) is 33.8 Å². The molecule has 0 N–H and O–H groups in total. The molecule has 1 heterocycles. The van der Waals surface area contributed by atoms with E-state index >= 15 is 0 Å². The third-order valence-electron chi connectivity index (χ3n) is 2.26. The van der Waals surface area contributed by atoms with Gasteiger partial charge in [0.2, 0.25) is 5.88 Å². The summed E-state index contributed by atoms with van der Waals surface area (Å²) in [5.41, 5.74) is 2.31. The van der Waals surface area contributed by atoms with E-state index < -0.39 is 12.1 Å². The average molecular weight is 224 g/mol. The van der Waals surface area contributed by atoms with Gasteiger partial charge in [-0.25, -0.2) is 9.78 Å². The maximum absolute atomic E-state index is 11.2. The molecule has 5 nitrogen and oxygen atoms in total. The van der Waals surface area contributed by atoms with Crippen LogP contribution in [0.4, 0.5) is 0 Å². The topological polar surface area (TPSA) is 61.3 Å². The zero-order valence-electron chi connectivity index (χ0n) is 10.2. The minimum absolute atomic E-state index is 0.376. The Morgan fingerprint density at radius 1 is 1.12 bits per heavy atom. The van der Waals surface area contributed by atoms with Crippen LogP contribution in [0.25, 0.3) is 0 Å². The van der Waals surface area contributed by atoms with Crippen LogP contribution in [-0.4, -0.2) is 29.2 Å². The first kappa shape index (κ1) is 12.4. The van der Waals surface area contributed by atoms with Gasteiger partial charge in [-0.1, -0.05) is 0 Å². The number of esters is 1. The van der Waals surface area contributed by atoms with E-state index in [0.29, 0.717) is 11.6 Å². The number of hydrogen-bond donors (Lipinski definition) is 0. The predicted octanol–water partition coefficient (Wildman–Crippen LogP) is 1.34. The molecule has 0 aromatic carbocycles. The van der Waals surface area contributed by atoms with Crippen LogP contribution in [-0.2, 0) is 9.53 Å². The van der Waals surface area contributed by atoms with Crippen molar-refractivity contribution in [3.8, 4) is 5.88 Å². The molecular formula is C11H16N2O3. The molecule has 0 bridgehead atoms. The summed E-state index contributed by atoms with van der Waals surface area (Å²) in [6.45, 7) is 7.13. The van der Waals surface area contributed by atoms with Gasteiger partial charge in [0.1, 0.15) is 0 Å². The molecule has 0 radical (unpaired) electrons. The standard InChI is InChI=1S/C11H16N2O3/c1-6-7(2)13-10(8(3)12-6)16-9(4)11(14)15-5/h9H,1-5H3. The van der Waals surface area contributed by atoms with Gasteiger partial charge in [0.15, 0.2) is 6.10 Å². The van der Waals surface area contributed by atoms with E-state index in [2.05, 4.69) is 14.7 Å². The molecular weight excluding hydrogens is 208 g/mol. The van der Waals surface area contributed by atoms with Gasteiger partial charge in [-0.3, -0.25) is 4.98 Å². The average Bonchev–Trinajstić information content (AvgIpc) is 2.24. The normalized spacial score (nSPS) is 12.1. The van der Waals surface area contributed by atoms with E-state index in [1.807, 2.05) is 13.8 Å². The number of methoxy groups -OCH3 is 1. The van der Waals surface area contributed by atoms with Gasteiger partial charge < -0.3 is 9.47 Å². The summed E-state index contributed by atoms with van der Waals surface area (Å²) >= 11 is 0. The highest BCUT2D eigenvalue weighted by Crippen LogP contribution is 2.16. The fourth-order valence-corrected chi connectivity index (χ4v) is 1.19. The molecule has 5 heteroatoms. The van der Waals surface area contributed by atoms with Gasteiger partial charge in [0.25, 0.3) is 0 Å². The summed E-state index contributed by atoms with van der Waals surface area (Å²) in [7, 11) is 1.32. The van der Waals surface area contributed by atoms with Crippen LogP contribution in [0.15, 0.2) is 0 Å². The van der Waals surface area contributed by atoms with E-state index in [1.165, 1.54) is 7.11 Å². The Bertz CT molecular complexity index is 404. The summed E-state index contributed by atoms with van der Waals surface area (Å²) in [4.78, 5) is 19.7. The molecule has 1 aromatic heterocycles. The maximum Gasteiger partial charge on any atom is 0.346 e. The lowest BCUT2D eigenvalue weighted by molar-refractivity contribution is -0.148. The van der Waals surface area contributed by atoms with Crippen LogP contribution in [0.2, 0.25) is 0 Å². The second-order valence-electron chi connectivity index (χ2n) is 3.57. The molecule has 1 atom stereocenters. The summed E-state index contributed by atoms with van der Waals surface area (Å²) in [5.74, 6) is -0.0552. The number of ether oxygens (including phenoxy) is 2. The Morgan fingerprint density at radius 2 is 1.69 bits per heavy atom. The Hall–Kier alpha value is -1.65. The smallest absolute Gasteiger partial charge is 0.346 e. The number of rotatable bonds is 3.